The van der Waals surface area contributed by atoms with Crippen molar-refractivity contribution in [2.24, 2.45) is 0 Å². The molecule has 0 aromatic carbocycles. The molecule has 2 unspecified atom stereocenters. The van der Waals surface area contributed by atoms with Gasteiger partial charge in [0.15, 0.2) is 0 Å². The van der Waals surface area contributed by atoms with Crippen molar-refractivity contribution in [3.8, 4) is 0 Å². The van der Waals surface area contributed by atoms with Crippen LogP contribution < -0.4 is 0 Å². The maximum atomic E-state index is 10.3. The summed E-state index contributed by atoms with van der Waals surface area (Å²) in [5.74, 6) is -0.947. The monoisotopic (exact) mass is 158 g/mol. The molecule has 1 heterocycles. The summed E-state index contributed by atoms with van der Waals surface area (Å²) in [7, 11) is 0. The van der Waals surface area contributed by atoms with E-state index in [1.165, 1.54) is 13.0 Å². The van der Waals surface area contributed by atoms with E-state index in [4.69, 9.17) is 14.9 Å². The zero-order chi connectivity index (χ0) is 8.43. The second-order valence-electron chi connectivity index (χ2n) is 2.48. The van der Waals surface area contributed by atoms with Gasteiger partial charge in [-0.05, 0) is 13.0 Å². The fraction of sp³-hybridized carbons (Fsp3) is 0.571. The van der Waals surface area contributed by atoms with Gasteiger partial charge in [-0.1, -0.05) is 0 Å². The Labute approximate surface area is 64.1 Å². The first kappa shape index (κ1) is 8.23. The number of epoxide rings is 1. The second kappa shape index (κ2) is 3.02. The summed E-state index contributed by atoms with van der Waals surface area (Å²) in [6, 6.07) is 0. The Hall–Kier alpha value is -0.870. The molecule has 0 radical (unpaired) electrons. The molecule has 1 aliphatic heterocycles. The van der Waals surface area contributed by atoms with Crippen LogP contribution in [-0.2, 0) is 9.53 Å². The first-order chi connectivity index (χ1) is 5.15. The third-order valence-corrected chi connectivity index (χ3v) is 1.55. The van der Waals surface area contributed by atoms with Crippen molar-refractivity contribution >= 4 is 5.97 Å². The van der Waals surface area contributed by atoms with Gasteiger partial charge in [-0.2, -0.15) is 0 Å². The van der Waals surface area contributed by atoms with E-state index in [1.54, 1.807) is 0 Å². The highest BCUT2D eigenvalue weighted by Crippen LogP contribution is 2.23. The average molecular weight is 158 g/mol. The van der Waals surface area contributed by atoms with Gasteiger partial charge >= 0.3 is 5.97 Å². The molecule has 62 valence electrons. The Balaban J connectivity index is 2.42. The van der Waals surface area contributed by atoms with Gasteiger partial charge in [-0.15, -0.1) is 0 Å². The molecular formula is C7H10O4. The summed E-state index contributed by atoms with van der Waals surface area (Å²) in [6.45, 7) is 1.45. The molecular weight excluding hydrogens is 148 g/mol. The van der Waals surface area contributed by atoms with E-state index in [-0.39, 0.29) is 24.4 Å². The molecule has 1 aliphatic rings. The number of ether oxygens (including phenoxy) is 1. The minimum absolute atomic E-state index is 0.0476. The van der Waals surface area contributed by atoms with Gasteiger partial charge in [0.2, 0.25) is 0 Å². The molecule has 0 aromatic heterocycles. The summed E-state index contributed by atoms with van der Waals surface area (Å²) in [5.41, 5.74) is 0.256. The number of aliphatic carboxylic acids is 1. The van der Waals surface area contributed by atoms with Crippen molar-refractivity contribution < 1.29 is 19.7 Å². The predicted octanol–water partition coefficient (Wildman–Crippen LogP) is -0.223. The first-order valence-electron chi connectivity index (χ1n) is 3.33. The van der Waals surface area contributed by atoms with Crippen LogP contribution in [0.25, 0.3) is 0 Å². The molecule has 0 spiro atoms. The SMILES string of the molecule is CC(=CC1OC1CO)C(=O)O. The molecule has 4 heteroatoms. The van der Waals surface area contributed by atoms with Crippen molar-refractivity contribution in [1.82, 2.24) is 0 Å². The smallest absolute Gasteiger partial charge is 0.331 e. The van der Waals surface area contributed by atoms with Crippen LogP contribution in [0.5, 0.6) is 0 Å². The van der Waals surface area contributed by atoms with Crippen molar-refractivity contribution in [3.05, 3.63) is 11.6 Å². The van der Waals surface area contributed by atoms with Gasteiger partial charge in [0.05, 0.1) is 6.61 Å². The van der Waals surface area contributed by atoms with Gasteiger partial charge in [-0.3, -0.25) is 0 Å². The lowest BCUT2D eigenvalue weighted by molar-refractivity contribution is -0.132. The van der Waals surface area contributed by atoms with Crippen molar-refractivity contribution in [2.75, 3.05) is 6.61 Å². The van der Waals surface area contributed by atoms with Crippen LogP contribution in [0.15, 0.2) is 11.6 Å². The normalized spacial score (nSPS) is 30.2. The molecule has 4 nitrogen and oxygen atoms in total. The quantitative estimate of drug-likeness (QED) is 0.440. The maximum absolute atomic E-state index is 10.3. The van der Waals surface area contributed by atoms with Crippen LogP contribution in [0.2, 0.25) is 0 Å². The third-order valence-electron chi connectivity index (χ3n) is 1.55. The highest BCUT2D eigenvalue weighted by molar-refractivity contribution is 5.85. The molecule has 0 aliphatic carbocycles. The summed E-state index contributed by atoms with van der Waals surface area (Å²) in [5, 5.41) is 17.0. The standard InChI is InChI=1S/C7H10O4/c1-4(7(9)10)2-5-6(3-8)11-5/h2,5-6,8H,3H2,1H3,(H,9,10). The van der Waals surface area contributed by atoms with E-state index >= 15 is 0 Å². The Morgan fingerprint density at radius 1 is 1.73 bits per heavy atom. The summed E-state index contributed by atoms with van der Waals surface area (Å²) < 4.78 is 4.90. The van der Waals surface area contributed by atoms with Gasteiger partial charge in [0, 0.05) is 5.57 Å². The van der Waals surface area contributed by atoms with E-state index in [0.29, 0.717) is 0 Å². The van der Waals surface area contributed by atoms with Crippen molar-refractivity contribution in [1.29, 1.82) is 0 Å². The highest BCUT2D eigenvalue weighted by atomic mass is 16.6. The molecule has 1 saturated heterocycles. The first-order valence-corrected chi connectivity index (χ1v) is 3.33. The van der Waals surface area contributed by atoms with Gasteiger partial charge in [0.1, 0.15) is 12.2 Å². The number of hydrogen-bond acceptors (Lipinski definition) is 3. The fourth-order valence-electron chi connectivity index (χ4n) is 0.768. The molecule has 0 aromatic rings. The molecule has 0 bridgehead atoms. The van der Waals surface area contributed by atoms with Crippen molar-refractivity contribution in [2.45, 2.75) is 19.1 Å². The molecule has 1 fully saturated rings. The number of rotatable bonds is 3. The number of hydrogen-bond donors (Lipinski definition) is 2. The minimum Gasteiger partial charge on any atom is -0.478 e. The van der Waals surface area contributed by atoms with E-state index in [1.807, 2.05) is 0 Å². The van der Waals surface area contributed by atoms with Crippen LogP contribution in [0, 0.1) is 0 Å². The maximum Gasteiger partial charge on any atom is 0.331 e. The Bertz CT molecular complexity index is 197. The summed E-state index contributed by atoms with van der Waals surface area (Å²) >= 11 is 0. The lowest BCUT2D eigenvalue weighted by atomic mass is 10.2. The van der Waals surface area contributed by atoms with Crippen LogP contribution in [0.1, 0.15) is 6.92 Å². The highest BCUT2D eigenvalue weighted by Gasteiger charge is 2.36. The number of aliphatic hydroxyl groups is 1. The van der Waals surface area contributed by atoms with E-state index in [2.05, 4.69) is 0 Å². The third kappa shape index (κ3) is 2.03. The molecule has 0 saturated carbocycles. The van der Waals surface area contributed by atoms with Crippen LogP contribution >= 0.6 is 0 Å². The second-order valence-corrected chi connectivity index (χ2v) is 2.48. The minimum atomic E-state index is -0.947. The zero-order valence-electron chi connectivity index (χ0n) is 6.15. The lowest BCUT2D eigenvalue weighted by Gasteiger charge is -1.88. The average Bonchev–Trinajstić information content (AvgIpc) is 2.67. The Morgan fingerprint density at radius 3 is 2.73 bits per heavy atom. The van der Waals surface area contributed by atoms with Gasteiger partial charge in [0.25, 0.3) is 0 Å². The number of carboxylic acid groups (broad SMARTS) is 1. The lowest BCUT2D eigenvalue weighted by Crippen LogP contribution is -2.01. The number of carbonyl (C=O) groups is 1. The summed E-state index contributed by atoms with van der Waals surface area (Å²) in [6.07, 6.45) is 1.11. The predicted molar refractivity (Wildman–Crippen MR) is 37.1 cm³/mol. The molecule has 2 atom stereocenters. The molecule has 0 amide bonds. The van der Waals surface area contributed by atoms with Gasteiger partial charge < -0.3 is 14.9 Å². The molecule has 1 rings (SSSR count). The van der Waals surface area contributed by atoms with Crippen LogP contribution in [-0.4, -0.2) is 35.0 Å². The largest absolute Gasteiger partial charge is 0.478 e. The van der Waals surface area contributed by atoms with Crippen LogP contribution in [0.3, 0.4) is 0 Å². The Morgan fingerprint density at radius 2 is 2.36 bits per heavy atom. The zero-order valence-corrected chi connectivity index (χ0v) is 6.15. The summed E-state index contributed by atoms with van der Waals surface area (Å²) in [4.78, 5) is 10.3. The number of aliphatic hydroxyl groups excluding tert-OH is 1. The number of carboxylic acids is 1. The molecule has 2 N–H and O–H groups in total. The Kier molecular flexibility index (Phi) is 2.26. The van der Waals surface area contributed by atoms with E-state index < -0.39 is 5.97 Å². The van der Waals surface area contributed by atoms with E-state index in [0.717, 1.165) is 0 Å². The molecule has 11 heavy (non-hydrogen) atoms. The topological polar surface area (TPSA) is 70.1 Å². The van der Waals surface area contributed by atoms with Crippen LogP contribution in [0.4, 0.5) is 0 Å². The van der Waals surface area contributed by atoms with E-state index in [9.17, 15) is 4.79 Å². The van der Waals surface area contributed by atoms with Gasteiger partial charge in [-0.25, -0.2) is 4.79 Å². The fourth-order valence-corrected chi connectivity index (χ4v) is 0.768. The van der Waals surface area contributed by atoms with Crippen molar-refractivity contribution in [3.63, 3.8) is 0 Å².